The van der Waals surface area contributed by atoms with Crippen LogP contribution in [-0.4, -0.2) is 24.2 Å². The van der Waals surface area contributed by atoms with Crippen molar-refractivity contribution in [1.82, 2.24) is 5.32 Å². The average molecular weight is 280 g/mol. The maximum atomic E-state index is 12.4. The van der Waals surface area contributed by atoms with Crippen molar-refractivity contribution in [3.8, 4) is 6.07 Å². The van der Waals surface area contributed by atoms with Gasteiger partial charge in [0.1, 0.15) is 5.41 Å². The number of rotatable bonds is 6. The van der Waals surface area contributed by atoms with Crippen molar-refractivity contribution in [2.75, 3.05) is 6.61 Å². The summed E-state index contributed by atoms with van der Waals surface area (Å²) in [6.07, 6.45) is 4.72. The van der Waals surface area contributed by atoms with Crippen LogP contribution < -0.4 is 5.32 Å². The molecule has 1 N–H and O–H groups in total. The van der Waals surface area contributed by atoms with E-state index in [0.29, 0.717) is 19.4 Å². The number of carbonyl (C=O) groups excluding carboxylic acids is 1. The summed E-state index contributed by atoms with van der Waals surface area (Å²) >= 11 is 0. The molecule has 4 heteroatoms. The van der Waals surface area contributed by atoms with Gasteiger partial charge < -0.3 is 10.1 Å². The van der Waals surface area contributed by atoms with Crippen LogP contribution in [0.4, 0.5) is 0 Å². The van der Waals surface area contributed by atoms with E-state index in [9.17, 15) is 10.1 Å². The second-order valence-corrected chi connectivity index (χ2v) is 5.80. The fourth-order valence-electron chi connectivity index (χ4n) is 3.00. The molecule has 0 spiro atoms. The molecule has 20 heavy (non-hydrogen) atoms. The van der Waals surface area contributed by atoms with Gasteiger partial charge >= 0.3 is 0 Å². The Balaban J connectivity index is 2.73. The molecule has 0 aromatic rings. The number of hydrogen-bond acceptors (Lipinski definition) is 3. The van der Waals surface area contributed by atoms with E-state index in [0.717, 1.165) is 25.7 Å². The van der Waals surface area contributed by atoms with Gasteiger partial charge in [-0.1, -0.05) is 27.7 Å². The molecular formula is C16H28N2O2. The average Bonchev–Trinajstić information content (AvgIpc) is 2.49. The SMILES string of the molecule is CCC1(CC)CC(NC(=O)C(C#N)(CC)CC)CCO1. The molecule has 0 aromatic heterocycles. The Hall–Kier alpha value is -1.08. The van der Waals surface area contributed by atoms with Crippen molar-refractivity contribution in [2.45, 2.75) is 77.9 Å². The van der Waals surface area contributed by atoms with Gasteiger partial charge in [-0.2, -0.15) is 5.26 Å². The number of ether oxygens (including phenoxy) is 1. The molecule has 114 valence electrons. The first-order valence-electron chi connectivity index (χ1n) is 7.87. The summed E-state index contributed by atoms with van der Waals surface area (Å²) in [7, 11) is 0. The fourth-order valence-corrected chi connectivity index (χ4v) is 3.00. The van der Waals surface area contributed by atoms with Crippen LogP contribution in [0.25, 0.3) is 0 Å². The molecule has 1 aliphatic heterocycles. The lowest BCUT2D eigenvalue weighted by molar-refractivity contribution is -0.133. The smallest absolute Gasteiger partial charge is 0.240 e. The van der Waals surface area contributed by atoms with Crippen LogP contribution in [0.1, 0.15) is 66.2 Å². The minimum absolute atomic E-state index is 0.107. The minimum Gasteiger partial charge on any atom is -0.375 e. The van der Waals surface area contributed by atoms with Gasteiger partial charge in [0.25, 0.3) is 0 Å². The van der Waals surface area contributed by atoms with E-state index in [1.54, 1.807) is 0 Å². The number of carbonyl (C=O) groups is 1. The predicted octanol–water partition coefficient (Wildman–Crippen LogP) is 3.17. The Kier molecular flexibility index (Phi) is 6.01. The molecule has 1 rings (SSSR count). The van der Waals surface area contributed by atoms with Crippen molar-refractivity contribution in [2.24, 2.45) is 5.41 Å². The maximum absolute atomic E-state index is 12.4. The van der Waals surface area contributed by atoms with E-state index in [1.807, 2.05) is 13.8 Å². The summed E-state index contributed by atoms with van der Waals surface area (Å²) in [5.74, 6) is -0.113. The van der Waals surface area contributed by atoms with Crippen LogP contribution >= 0.6 is 0 Å². The van der Waals surface area contributed by atoms with Gasteiger partial charge in [-0.15, -0.1) is 0 Å². The Labute approximate surface area is 122 Å². The topological polar surface area (TPSA) is 62.1 Å². The summed E-state index contributed by atoms with van der Waals surface area (Å²) in [4.78, 5) is 12.4. The monoisotopic (exact) mass is 280 g/mol. The quantitative estimate of drug-likeness (QED) is 0.813. The molecule has 1 unspecified atom stereocenters. The third kappa shape index (κ3) is 3.32. The van der Waals surface area contributed by atoms with Crippen LogP contribution in [-0.2, 0) is 9.53 Å². The highest BCUT2D eigenvalue weighted by Crippen LogP contribution is 2.32. The third-order valence-corrected chi connectivity index (χ3v) is 4.97. The Morgan fingerprint density at radius 2 is 1.95 bits per heavy atom. The van der Waals surface area contributed by atoms with Crippen LogP contribution in [0, 0.1) is 16.7 Å². The summed E-state index contributed by atoms with van der Waals surface area (Å²) in [6.45, 7) is 8.75. The van der Waals surface area contributed by atoms with E-state index in [2.05, 4.69) is 25.2 Å². The van der Waals surface area contributed by atoms with Crippen molar-refractivity contribution in [3.05, 3.63) is 0 Å². The van der Waals surface area contributed by atoms with Gasteiger partial charge in [0.2, 0.25) is 5.91 Å². The lowest BCUT2D eigenvalue weighted by atomic mass is 9.81. The van der Waals surface area contributed by atoms with Gasteiger partial charge in [0.15, 0.2) is 0 Å². The third-order valence-electron chi connectivity index (χ3n) is 4.97. The number of nitrogens with zero attached hydrogens (tertiary/aromatic N) is 1. The molecule has 1 amide bonds. The van der Waals surface area contributed by atoms with Crippen molar-refractivity contribution < 1.29 is 9.53 Å². The van der Waals surface area contributed by atoms with E-state index < -0.39 is 5.41 Å². The zero-order chi connectivity index (χ0) is 15.2. The van der Waals surface area contributed by atoms with Crippen molar-refractivity contribution in [1.29, 1.82) is 5.26 Å². The lowest BCUT2D eigenvalue weighted by Gasteiger charge is -2.41. The van der Waals surface area contributed by atoms with E-state index >= 15 is 0 Å². The standard InChI is InChI=1S/C16H28N2O2/c1-5-15(6-2,12-17)14(19)18-13-9-10-20-16(7-3,8-4)11-13/h13H,5-11H2,1-4H3,(H,18,19). The second kappa shape index (κ2) is 7.08. The van der Waals surface area contributed by atoms with Gasteiger partial charge in [-0.25, -0.2) is 0 Å². The van der Waals surface area contributed by atoms with Crippen LogP contribution in [0.5, 0.6) is 0 Å². The minimum atomic E-state index is -0.876. The van der Waals surface area contributed by atoms with Crippen LogP contribution in [0.3, 0.4) is 0 Å². The normalized spacial score (nSPS) is 22.1. The zero-order valence-corrected chi connectivity index (χ0v) is 13.3. The highest BCUT2D eigenvalue weighted by molar-refractivity contribution is 5.85. The predicted molar refractivity (Wildman–Crippen MR) is 79.1 cm³/mol. The fraction of sp³-hybridized carbons (Fsp3) is 0.875. The Morgan fingerprint density at radius 3 is 2.40 bits per heavy atom. The molecular weight excluding hydrogens is 252 g/mol. The van der Waals surface area contributed by atoms with E-state index in [1.165, 1.54) is 0 Å². The first kappa shape index (κ1) is 17.0. The van der Waals surface area contributed by atoms with Gasteiger partial charge in [-0.3, -0.25) is 4.79 Å². The molecule has 1 atom stereocenters. The first-order valence-corrected chi connectivity index (χ1v) is 7.87. The van der Waals surface area contributed by atoms with E-state index in [-0.39, 0.29) is 17.6 Å². The van der Waals surface area contributed by atoms with Crippen molar-refractivity contribution in [3.63, 3.8) is 0 Å². The number of nitrogens with one attached hydrogen (secondary N) is 1. The molecule has 1 fully saturated rings. The highest BCUT2D eigenvalue weighted by atomic mass is 16.5. The Bertz CT molecular complexity index is 365. The van der Waals surface area contributed by atoms with Gasteiger partial charge in [0.05, 0.1) is 11.7 Å². The largest absolute Gasteiger partial charge is 0.375 e. The summed E-state index contributed by atoms with van der Waals surface area (Å²) < 4.78 is 5.92. The molecule has 0 aromatic carbocycles. The second-order valence-electron chi connectivity index (χ2n) is 5.80. The molecule has 0 radical (unpaired) electrons. The summed E-state index contributed by atoms with van der Waals surface area (Å²) in [6, 6.07) is 2.34. The maximum Gasteiger partial charge on any atom is 0.240 e. The number of amides is 1. The molecule has 1 heterocycles. The van der Waals surface area contributed by atoms with Crippen LogP contribution in [0.2, 0.25) is 0 Å². The molecule has 0 saturated carbocycles. The number of hydrogen-bond donors (Lipinski definition) is 1. The molecule has 4 nitrogen and oxygen atoms in total. The van der Waals surface area contributed by atoms with E-state index in [4.69, 9.17) is 4.74 Å². The Morgan fingerprint density at radius 1 is 1.35 bits per heavy atom. The van der Waals surface area contributed by atoms with Gasteiger partial charge in [0, 0.05) is 12.6 Å². The van der Waals surface area contributed by atoms with Gasteiger partial charge in [-0.05, 0) is 38.5 Å². The van der Waals surface area contributed by atoms with Crippen molar-refractivity contribution >= 4 is 5.91 Å². The molecule has 1 saturated heterocycles. The molecule has 0 aliphatic carbocycles. The van der Waals surface area contributed by atoms with Crippen LogP contribution in [0.15, 0.2) is 0 Å². The first-order chi connectivity index (χ1) is 9.51. The molecule has 0 bridgehead atoms. The zero-order valence-electron chi connectivity index (χ0n) is 13.3. The highest BCUT2D eigenvalue weighted by Gasteiger charge is 2.39. The number of nitriles is 1. The lowest BCUT2D eigenvalue weighted by Crippen LogP contribution is -2.51. The molecule has 1 aliphatic rings. The summed E-state index contributed by atoms with van der Waals surface area (Å²) in [5, 5.41) is 12.4. The summed E-state index contributed by atoms with van der Waals surface area (Å²) in [5.41, 5.74) is -0.983.